The lowest BCUT2D eigenvalue weighted by molar-refractivity contribution is -0.141. The topological polar surface area (TPSA) is 58.6 Å². The molecule has 0 aromatic carbocycles. The summed E-state index contributed by atoms with van der Waals surface area (Å²) in [6, 6.07) is 0.174. The minimum Gasteiger partial charge on any atom is -0.469 e. The molecule has 2 atom stereocenters. The number of nitrogens with one attached hydrogen (secondary N) is 1. The van der Waals surface area contributed by atoms with E-state index in [0.29, 0.717) is 12.3 Å². The Morgan fingerprint density at radius 1 is 1.29 bits per heavy atom. The van der Waals surface area contributed by atoms with Gasteiger partial charge in [-0.3, -0.25) is 9.59 Å². The summed E-state index contributed by atoms with van der Waals surface area (Å²) in [6.45, 7) is 10.8. The van der Waals surface area contributed by atoms with Gasteiger partial charge in [0.2, 0.25) is 5.91 Å². The van der Waals surface area contributed by atoms with E-state index in [1.807, 2.05) is 20.8 Å². The zero-order valence-electron chi connectivity index (χ0n) is 14.1. The molecular weight excluding hydrogens is 268 g/mol. The molecule has 0 aliphatic carbocycles. The van der Waals surface area contributed by atoms with Crippen molar-refractivity contribution >= 4 is 11.9 Å². The Bertz CT molecular complexity index is 363. The van der Waals surface area contributed by atoms with Crippen LogP contribution < -0.4 is 5.32 Å². The second-order valence-electron chi connectivity index (χ2n) is 6.99. The maximum atomic E-state index is 12.1. The first-order valence-corrected chi connectivity index (χ1v) is 7.86. The van der Waals surface area contributed by atoms with Crippen molar-refractivity contribution in [3.05, 3.63) is 0 Å². The minimum absolute atomic E-state index is 0.0946. The zero-order valence-corrected chi connectivity index (χ0v) is 14.1. The van der Waals surface area contributed by atoms with E-state index < -0.39 is 0 Å². The molecule has 0 bridgehead atoms. The molecule has 1 fully saturated rings. The number of hydrogen-bond acceptors (Lipinski definition) is 4. The van der Waals surface area contributed by atoms with Gasteiger partial charge in [-0.15, -0.1) is 0 Å². The molecule has 21 heavy (non-hydrogen) atoms. The summed E-state index contributed by atoms with van der Waals surface area (Å²) in [5.41, 5.74) is -0.365. The first-order valence-electron chi connectivity index (χ1n) is 7.86. The zero-order chi connectivity index (χ0) is 16.0. The predicted molar refractivity (Wildman–Crippen MR) is 82.9 cm³/mol. The second-order valence-corrected chi connectivity index (χ2v) is 6.99. The van der Waals surface area contributed by atoms with E-state index >= 15 is 0 Å². The fraction of sp³-hybridized carbons (Fsp3) is 0.875. The maximum absolute atomic E-state index is 12.1. The summed E-state index contributed by atoms with van der Waals surface area (Å²) in [6.07, 6.45) is 2.22. The van der Waals surface area contributed by atoms with Crippen LogP contribution >= 0.6 is 0 Å². The number of piperidine rings is 1. The molecule has 1 saturated heterocycles. The van der Waals surface area contributed by atoms with Crippen LogP contribution in [0, 0.1) is 11.3 Å². The normalized spacial score (nSPS) is 23.7. The van der Waals surface area contributed by atoms with E-state index in [-0.39, 0.29) is 23.3 Å². The van der Waals surface area contributed by atoms with Gasteiger partial charge < -0.3 is 15.0 Å². The minimum atomic E-state index is -0.365. The summed E-state index contributed by atoms with van der Waals surface area (Å²) < 4.78 is 4.71. The van der Waals surface area contributed by atoms with Gasteiger partial charge in [-0.05, 0) is 25.3 Å². The Labute approximate surface area is 128 Å². The maximum Gasteiger partial charge on any atom is 0.305 e. The smallest absolute Gasteiger partial charge is 0.305 e. The van der Waals surface area contributed by atoms with Gasteiger partial charge in [0.25, 0.3) is 0 Å². The Kier molecular flexibility index (Phi) is 6.65. The van der Waals surface area contributed by atoms with Crippen LogP contribution in [0.25, 0.3) is 0 Å². The van der Waals surface area contributed by atoms with Gasteiger partial charge in [0.05, 0.1) is 7.11 Å². The number of nitrogens with zero attached hydrogens (tertiary/aromatic N) is 1. The Balaban J connectivity index is 2.56. The highest BCUT2D eigenvalue weighted by Crippen LogP contribution is 2.23. The molecule has 1 N–H and O–H groups in total. The standard InChI is InChI=1S/C16H30N2O3/c1-6-18-10-12(7-8-14(19)21-5)9-13(11-18)17-15(20)16(2,3)4/h12-13H,6-11H2,1-5H3,(H,17,20). The van der Waals surface area contributed by atoms with Crippen LogP contribution in [0.4, 0.5) is 0 Å². The quantitative estimate of drug-likeness (QED) is 0.787. The summed E-state index contributed by atoms with van der Waals surface area (Å²) in [4.78, 5) is 25.8. The third kappa shape index (κ3) is 6.04. The van der Waals surface area contributed by atoms with Crippen molar-refractivity contribution in [1.82, 2.24) is 10.2 Å². The Morgan fingerprint density at radius 2 is 1.95 bits per heavy atom. The SMILES string of the molecule is CCN1CC(CCC(=O)OC)CC(NC(=O)C(C)(C)C)C1. The summed E-state index contributed by atoms with van der Waals surface area (Å²) >= 11 is 0. The van der Waals surface area contributed by atoms with Crippen LogP contribution in [0.15, 0.2) is 0 Å². The monoisotopic (exact) mass is 298 g/mol. The molecule has 1 heterocycles. The largest absolute Gasteiger partial charge is 0.469 e. The second kappa shape index (κ2) is 7.78. The van der Waals surface area contributed by atoms with Gasteiger partial charge >= 0.3 is 5.97 Å². The lowest BCUT2D eigenvalue weighted by Crippen LogP contribution is -2.52. The fourth-order valence-electron chi connectivity index (χ4n) is 2.70. The molecule has 1 rings (SSSR count). The number of hydrogen-bond donors (Lipinski definition) is 1. The summed E-state index contributed by atoms with van der Waals surface area (Å²) in [5, 5.41) is 3.16. The third-order valence-electron chi connectivity index (χ3n) is 4.06. The molecule has 0 aromatic heterocycles. The molecule has 122 valence electrons. The van der Waals surface area contributed by atoms with E-state index in [0.717, 1.165) is 32.5 Å². The highest BCUT2D eigenvalue weighted by molar-refractivity contribution is 5.81. The Hall–Kier alpha value is -1.10. The van der Waals surface area contributed by atoms with Crippen molar-refractivity contribution < 1.29 is 14.3 Å². The molecule has 1 aliphatic heterocycles. The number of carbonyl (C=O) groups is 2. The van der Waals surface area contributed by atoms with E-state index in [1.54, 1.807) is 0 Å². The van der Waals surface area contributed by atoms with E-state index in [4.69, 9.17) is 4.74 Å². The van der Waals surface area contributed by atoms with Crippen molar-refractivity contribution in [1.29, 1.82) is 0 Å². The van der Waals surface area contributed by atoms with Crippen molar-refractivity contribution in [3.63, 3.8) is 0 Å². The lowest BCUT2D eigenvalue weighted by atomic mass is 9.89. The summed E-state index contributed by atoms with van der Waals surface area (Å²) in [5.74, 6) is 0.374. The van der Waals surface area contributed by atoms with Gasteiger partial charge in [-0.2, -0.15) is 0 Å². The lowest BCUT2D eigenvalue weighted by Gasteiger charge is -2.38. The van der Waals surface area contributed by atoms with Crippen LogP contribution in [0.5, 0.6) is 0 Å². The van der Waals surface area contributed by atoms with Gasteiger partial charge in [0.1, 0.15) is 0 Å². The van der Waals surface area contributed by atoms with E-state index in [2.05, 4.69) is 17.1 Å². The van der Waals surface area contributed by atoms with Crippen molar-refractivity contribution in [2.45, 2.75) is 53.0 Å². The first kappa shape index (κ1) is 18.0. The molecule has 0 aromatic rings. The van der Waals surface area contributed by atoms with Crippen molar-refractivity contribution in [2.24, 2.45) is 11.3 Å². The number of esters is 1. The average Bonchev–Trinajstić information content (AvgIpc) is 2.43. The highest BCUT2D eigenvalue weighted by Gasteiger charge is 2.30. The highest BCUT2D eigenvalue weighted by atomic mass is 16.5. The summed E-state index contributed by atoms with van der Waals surface area (Å²) in [7, 11) is 1.42. The average molecular weight is 298 g/mol. The molecule has 2 unspecified atom stereocenters. The van der Waals surface area contributed by atoms with Gasteiger partial charge in [-0.1, -0.05) is 27.7 Å². The molecule has 0 saturated carbocycles. The van der Waals surface area contributed by atoms with Gasteiger partial charge in [0.15, 0.2) is 0 Å². The number of likely N-dealkylation sites (tertiary alicyclic amines) is 1. The molecule has 5 heteroatoms. The van der Waals surface area contributed by atoms with Gasteiger partial charge in [-0.25, -0.2) is 0 Å². The number of likely N-dealkylation sites (N-methyl/N-ethyl adjacent to an activating group) is 1. The molecule has 5 nitrogen and oxygen atoms in total. The molecule has 1 aliphatic rings. The van der Waals surface area contributed by atoms with Gasteiger partial charge in [0, 0.05) is 31.0 Å². The number of ether oxygens (including phenoxy) is 1. The molecule has 0 radical (unpaired) electrons. The van der Waals surface area contributed by atoms with Crippen LogP contribution in [-0.2, 0) is 14.3 Å². The Morgan fingerprint density at radius 3 is 2.48 bits per heavy atom. The van der Waals surface area contributed by atoms with Crippen LogP contribution in [0.2, 0.25) is 0 Å². The van der Waals surface area contributed by atoms with Crippen LogP contribution in [0.3, 0.4) is 0 Å². The molecule has 1 amide bonds. The van der Waals surface area contributed by atoms with Crippen LogP contribution in [0.1, 0.15) is 47.0 Å². The fourth-order valence-corrected chi connectivity index (χ4v) is 2.70. The predicted octanol–water partition coefficient (Wildman–Crippen LogP) is 1.81. The first-order chi connectivity index (χ1) is 9.76. The number of amides is 1. The van der Waals surface area contributed by atoms with Crippen molar-refractivity contribution in [3.8, 4) is 0 Å². The van der Waals surface area contributed by atoms with E-state index in [9.17, 15) is 9.59 Å². The third-order valence-corrected chi connectivity index (χ3v) is 4.06. The van der Waals surface area contributed by atoms with Crippen LogP contribution in [-0.4, -0.2) is 49.6 Å². The van der Waals surface area contributed by atoms with Crippen molar-refractivity contribution in [2.75, 3.05) is 26.7 Å². The number of carbonyl (C=O) groups excluding carboxylic acids is 2. The number of methoxy groups -OCH3 is 1. The molecular formula is C16H30N2O3. The van der Waals surface area contributed by atoms with E-state index in [1.165, 1.54) is 7.11 Å². The number of rotatable bonds is 5. The molecule has 0 spiro atoms.